The molecule has 3 rings (SSSR count). The molecule has 3 aromatic rings. The van der Waals surface area contributed by atoms with Crippen LogP contribution in [0.2, 0.25) is 0 Å². The largest absolute Gasteiger partial charge is 0.337 e. The van der Waals surface area contributed by atoms with Crippen molar-refractivity contribution in [1.29, 1.82) is 0 Å². The Morgan fingerprint density at radius 3 is 2.76 bits per heavy atom. The number of imidazole rings is 1. The van der Waals surface area contributed by atoms with Crippen LogP contribution in [-0.4, -0.2) is 9.97 Å². The molecule has 0 saturated carbocycles. The van der Waals surface area contributed by atoms with E-state index >= 15 is 0 Å². The molecule has 0 unspecified atom stereocenters. The zero-order chi connectivity index (χ0) is 12.0. The third-order valence-corrected chi connectivity index (χ3v) is 3.49. The molecule has 0 spiro atoms. The number of fused-ring (bicyclic) bond motifs is 1. The van der Waals surface area contributed by atoms with Crippen LogP contribution in [0.5, 0.6) is 0 Å². The maximum Gasteiger partial charge on any atom is 0.153 e. The van der Waals surface area contributed by atoms with E-state index in [4.69, 9.17) is 0 Å². The monoisotopic (exact) mass is 250 g/mol. The van der Waals surface area contributed by atoms with E-state index in [1.54, 1.807) is 11.3 Å². The summed E-state index contributed by atoms with van der Waals surface area (Å²) in [5.74, 6) is -0.675. The highest BCUT2D eigenvalue weighted by atomic mass is 32.1. The molecular weight excluding hydrogens is 242 g/mol. The maximum atomic E-state index is 13.5. The summed E-state index contributed by atoms with van der Waals surface area (Å²) < 4.78 is 26.5. The van der Waals surface area contributed by atoms with Gasteiger partial charge < -0.3 is 4.98 Å². The first-order chi connectivity index (χ1) is 8.13. The van der Waals surface area contributed by atoms with Gasteiger partial charge in [-0.05, 0) is 25.1 Å². The van der Waals surface area contributed by atoms with E-state index in [2.05, 4.69) is 9.97 Å². The molecule has 0 aliphatic carbocycles. The minimum Gasteiger partial charge on any atom is -0.337 e. The van der Waals surface area contributed by atoms with Crippen LogP contribution in [0.3, 0.4) is 0 Å². The summed E-state index contributed by atoms with van der Waals surface area (Å²) >= 11 is 1.56. The van der Waals surface area contributed by atoms with Crippen molar-refractivity contribution in [2.75, 3.05) is 0 Å². The van der Waals surface area contributed by atoms with Gasteiger partial charge in [-0.2, -0.15) is 0 Å². The number of nitrogens with one attached hydrogen (secondary N) is 1. The first-order valence-corrected chi connectivity index (χ1v) is 5.87. The number of H-pyrrole nitrogens is 1. The normalized spacial score (nSPS) is 11.2. The lowest BCUT2D eigenvalue weighted by atomic mass is 10.3. The number of hydrogen-bond acceptors (Lipinski definition) is 2. The highest BCUT2D eigenvalue weighted by molar-refractivity contribution is 7.15. The molecule has 1 aromatic carbocycles. The smallest absolute Gasteiger partial charge is 0.153 e. The summed E-state index contributed by atoms with van der Waals surface area (Å²) in [6.07, 6.45) is 0. The van der Waals surface area contributed by atoms with Gasteiger partial charge in [0.2, 0.25) is 0 Å². The third kappa shape index (κ3) is 1.72. The van der Waals surface area contributed by atoms with Gasteiger partial charge in [-0.3, -0.25) is 0 Å². The maximum absolute atomic E-state index is 13.5. The molecule has 0 bridgehead atoms. The fraction of sp³-hybridized carbons (Fsp3) is 0.0833. The molecule has 0 amide bonds. The lowest BCUT2D eigenvalue weighted by Gasteiger charge is -1.90. The van der Waals surface area contributed by atoms with Crippen LogP contribution in [0.4, 0.5) is 8.78 Å². The van der Waals surface area contributed by atoms with Crippen LogP contribution >= 0.6 is 11.3 Å². The van der Waals surface area contributed by atoms with Gasteiger partial charge in [-0.1, -0.05) is 0 Å². The van der Waals surface area contributed by atoms with Crippen molar-refractivity contribution in [1.82, 2.24) is 9.97 Å². The van der Waals surface area contributed by atoms with Crippen molar-refractivity contribution in [3.63, 3.8) is 0 Å². The highest BCUT2D eigenvalue weighted by Crippen LogP contribution is 2.28. The molecule has 0 fully saturated rings. The van der Waals surface area contributed by atoms with Crippen molar-refractivity contribution in [2.45, 2.75) is 6.92 Å². The van der Waals surface area contributed by atoms with Crippen molar-refractivity contribution >= 4 is 22.4 Å². The quantitative estimate of drug-likeness (QED) is 0.697. The molecule has 0 aliphatic rings. The minimum absolute atomic E-state index is 0.174. The molecule has 2 nitrogen and oxygen atoms in total. The van der Waals surface area contributed by atoms with Crippen LogP contribution in [-0.2, 0) is 0 Å². The molecule has 17 heavy (non-hydrogen) atoms. The van der Waals surface area contributed by atoms with Gasteiger partial charge in [-0.15, -0.1) is 11.3 Å². The molecule has 86 valence electrons. The second-order valence-corrected chi connectivity index (χ2v) is 5.07. The highest BCUT2D eigenvalue weighted by Gasteiger charge is 2.11. The first-order valence-electron chi connectivity index (χ1n) is 5.05. The van der Waals surface area contributed by atoms with E-state index in [0.717, 1.165) is 15.8 Å². The molecule has 0 aliphatic heterocycles. The van der Waals surface area contributed by atoms with Gasteiger partial charge in [0.05, 0.1) is 10.4 Å². The average molecular weight is 250 g/mol. The van der Waals surface area contributed by atoms with Gasteiger partial charge in [0.25, 0.3) is 0 Å². The Labute approximate surface area is 99.9 Å². The van der Waals surface area contributed by atoms with Crippen LogP contribution in [0.1, 0.15) is 4.88 Å². The van der Waals surface area contributed by atoms with Crippen LogP contribution in [0.25, 0.3) is 21.7 Å². The Hall–Kier alpha value is -1.75. The van der Waals surface area contributed by atoms with Crippen molar-refractivity contribution < 1.29 is 8.78 Å². The van der Waals surface area contributed by atoms with E-state index in [0.29, 0.717) is 11.3 Å². The summed E-state index contributed by atoms with van der Waals surface area (Å²) in [5.41, 5.74) is 0.552. The predicted octanol–water partition coefficient (Wildman–Crippen LogP) is 3.88. The summed E-state index contributed by atoms with van der Waals surface area (Å²) in [6.45, 7) is 1.98. The standard InChI is InChI=1S/C12H8F2N2S/c1-6-2-3-10(17-6)12-15-9-5-7(13)4-8(14)11(9)16-12/h2-5H,1H3,(H,15,16). The van der Waals surface area contributed by atoms with Crippen molar-refractivity contribution in [2.24, 2.45) is 0 Å². The lowest BCUT2D eigenvalue weighted by molar-refractivity contribution is 0.591. The van der Waals surface area contributed by atoms with E-state index in [-0.39, 0.29) is 5.52 Å². The molecule has 2 heterocycles. The Morgan fingerprint density at radius 1 is 1.24 bits per heavy atom. The fourth-order valence-corrected chi connectivity index (χ4v) is 2.53. The number of thiophene rings is 1. The topological polar surface area (TPSA) is 28.7 Å². The summed E-state index contributed by atoms with van der Waals surface area (Å²) in [5, 5.41) is 0. The second kappa shape index (κ2) is 3.63. The first kappa shape index (κ1) is 10.4. The summed E-state index contributed by atoms with van der Waals surface area (Å²) in [7, 11) is 0. The Morgan fingerprint density at radius 2 is 2.06 bits per heavy atom. The number of aromatic amines is 1. The Balaban J connectivity index is 2.23. The van der Waals surface area contributed by atoms with Gasteiger partial charge in [0.1, 0.15) is 17.2 Å². The van der Waals surface area contributed by atoms with E-state index < -0.39 is 11.6 Å². The van der Waals surface area contributed by atoms with Gasteiger partial charge in [-0.25, -0.2) is 13.8 Å². The van der Waals surface area contributed by atoms with Crippen LogP contribution in [0.15, 0.2) is 24.3 Å². The average Bonchev–Trinajstić information content (AvgIpc) is 2.83. The minimum atomic E-state index is -0.643. The van der Waals surface area contributed by atoms with E-state index in [1.807, 2.05) is 19.1 Å². The molecular formula is C12H8F2N2S. The summed E-state index contributed by atoms with van der Waals surface area (Å²) in [4.78, 5) is 9.14. The zero-order valence-electron chi connectivity index (χ0n) is 8.92. The number of hydrogen-bond donors (Lipinski definition) is 1. The number of aromatic nitrogens is 2. The summed E-state index contributed by atoms with van der Waals surface area (Å²) in [6, 6.07) is 5.96. The van der Waals surface area contributed by atoms with Crippen LogP contribution < -0.4 is 0 Å². The molecule has 2 aromatic heterocycles. The van der Waals surface area contributed by atoms with Crippen molar-refractivity contribution in [3.05, 3.63) is 40.8 Å². The van der Waals surface area contributed by atoms with E-state index in [1.165, 1.54) is 6.07 Å². The zero-order valence-corrected chi connectivity index (χ0v) is 9.74. The van der Waals surface area contributed by atoms with Crippen molar-refractivity contribution in [3.8, 4) is 10.7 Å². The number of halogens is 2. The molecule has 0 atom stereocenters. The van der Waals surface area contributed by atoms with E-state index in [9.17, 15) is 8.78 Å². The number of rotatable bonds is 1. The predicted molar refractivity (Wildman–Crippen MR) is 64.1 cm³/mol. The Bertz CT molecular complexity index is 700. The molecule has 5 heteroatoms. The molecule has 0 radical (unpaired) electrons. The van der Waals surface area contributed by atoms with Gasteiger partial charge in [0, 0.05) is 10.9 Å². The fourth-order valence-electron chi connectivity index (χ4n) is 1.72. The number of aryl methyl sites for hydroxylation is 1. The second-order valence-electron chi connectivity index (χ2n) is 3.78. The Kier molecular flexibility index (Phi) is 2.22. The van der Waals surface area contributed by atoms with Gasteiger partial charge >= 0.3 is 0 Å². The number of benzene rings is 1. The third-order valence-electron chi connectivity index (χ3n) is 2.48. The SMILES string of the molecule is Cc1ccc(-c2nc3c(F)cc(F)cc3[nH]2)s1. The van der Waals surface area contributed by atoms with Gasteiger partial charge in [0.15, 0.2) is 5.82 Å². The lowest BCUT2D eigenvalue weighted by Crippen LogP contribution is -1.81. The van der Waals surface area contributed by atoms with Crippen LogP contribution in [0, 0.1) is 18.6 Å². The number of nitrogens with zero attached hydrogens (tertiary/aromatic N) is 1. The molecule has 1 N–H and O–H groups in total. The molecule has 0 saturated heterocycles.